The summed E-state index contributed by atoms with van der Waals surface area (Å²) in [6.07, 6.45) is 9.56. The van der Waals surface area contributed by atoms with Crippen LogP contribution in [0, 0.1) is 23.7 Å². The standard InChI is InChI=1S/C50H75BrO14/c1-11-27(2)44-30(5)17-18-49(65-44)24-36-20-35(64-49)16-15-29(4)43(28(3)13-12-14-34-25-58-46-42(52)31(6)19-37(47(53)61-36)50(34,46)55)62-40-21-38(56-9)45(33(8)60-40)63-41-22-39(57-10)48(54,26-51)23-32(7)59-41/h12-15,17-19,27-28,30,32-33,35-46,52,54-55H,11,16,20-26H2,1-10H3/b13-12+,29-15+,34-14+/t27?,28-,30-,32-,33-,35+,36-,37-,38-,39-,40-,41-,42+,43-,44+,45-,46+,48?,49+,50+/m0/s1. The van der Waals surface area contributed by atoms with Gasteiger partial charge in [0.25, 0.3) is 0 Å². The molecule has 1 spiro atoms. The zero-order valence-corrected chi connectivity index (χ0v) is 41.5. The van der Waals surface area contributed by atoms with Crippen molar-refractivity contribution in [2.24, 2.45) is 23.7 Å². The number of aliphatic hydroxyl groups excluding tert-OH is 1. The first-order valence-corrected chi connectivity index (χ1v) is 25.0. The van der Waals surface area contributed by atoms with E-state index in [0.717, 1.165) is 12.0 Å². The number of carbonyl (C=O) groups is 1. The number of ether oxygens (including phenoxy) is 10. The average molecular weight is 980 g/mol. The third kappa shape index (κ3) is 10.7. The van der Waals surface area contributed by atoms with Crippen molar-refractivity contribution >= 4 is 21.9 Å². The zero-order valence-electron chi connectivity index (χ0n) is 39.9. The summed E-state index contributed by atoms with van der Waals surface area (Å²) in [5.41, 5.74) is -0.992. The second kappa shape index (κ2) is 21.0. The Labute approximate surface area is 394 Å². The highest BCUT2D eigenvalue weighted by Gasteiger charge is 2.60. The Hall–Kier alpha value is -1.83. The number of hydrogen-bond acceptors (Lipinski definition) is 14. The number of carbonyl (C=O) groups excluding carboxylic acids is 1. The topological polar surface area (TPSA) is 170 Å². The molecule has 4 fully saturated rings. The predicted molar refractivity (Wildman–Crippen MR) is 245 cm³/mol. The number of halogens is 1. The lowest BCUT2D eigenvalue weighted by molar-refractivity contribution is -0.301. The van der Waals surface area contributed by atoms with E-state index in [-0.39, 0.29) is 36.6 Å². The summed E-state index contributed by atoms with van der Waals surface area (Å²) >= 11 is 3.47. The lowest BCUT2D eigenvalue weighted by Crippen LogP contribution is -2.58. The maximum absolute atomic E-state index is 14.4. The molecule has 2 unspecified atom stereocenters. The largest absolute Gasteiger partial charge is 0.462 e. The van der Waals surface area contributed by atoms with Crippen LogP contribution in [0.5, 0.6) is 0 Å². The summed E-state index contributed by atoms with van der Waals surface area (Å²) in [6.45, 7) is 16.2. The summed E-state index contributed by atoms with van der Waals surface area (Å²) in [5.74, 6) is -2.59. The van der Waals surface area contributed by atoms with E-state index in [9.17, 15) is 20.1 Å². The van der Waals surface area contributed by atoms with E-state index in [1.807, 2.05) is 39.0 Å². The molecule has 366 valence electrons. The lowest BCUT2D eigenvalue weighted by atomic mass is 9.71. The molecule has 3 N–H and O–H groups in total. The Morgan fingerprint density at radius 1 is 0.923 bits per heavy atom. The van der Waals surface area contributed by atoms with Gasteiger partial charge in [0.05, 0.1) is 49.3 Å². The van der Waals surface area contributed by atoms with Crippen molar-refractivity contribution in [3.05, 3.63) is 59.3 Å². The average Bonchev–Trinajstić information content (AvgIpc) is 3.55. The molecule has 4 saturated heterocycles. The molecule has 15 heteroatoms. The fourth-order valence-electron chi connectivity index (χ4n) is 11.2. The van der Waals surface area contributed by atoms with Crippen LogP contribution in [0.2, 0.25) is 0 Å². The van der Waals surface area contributed by atoms with Crippen LogP contribution in [-0.4, -0.2) is 144 Å². The molecule has 0 aromatic carbocycles. The zero-order chi connectivity index (χ0) is 47.0. The van der Waals surface area contributed by atoms with Gasteiger partial charge in [-0.25, -0.2) is 0 Å². The minimum Gasteiger partial charge on any atom is -0.462 e. The van der Waals surface area contributed by atoms with E-state index >= 15 is 0 Å². The number of fused-ring (bicyclic) bond motifs is 2. The van der Waals surface area contributed by atoms with E-state index in [0.29, 0.717) is 55.0 Å². The number of methoxy groups -OCH3 is 2. The van der Waals surface area contributed by atoms with Gasteiger partial charge in [-0.15, -0.1) is 0 Å². The molecule has 6 heterocycles. The van der Waals surface area contributed by atoms with Crippen LogP contribution in [0.25, 0.3) is 0 Å². The molecular formula is C50H75BrO14. The van der Waals surface area contributed by atoms with Crippen LogP contribution in [0.1, 0.15) is 100 Å². The molecule has 20 atom stereocenters. The van der Waals surface area contributed by atoms with Gasteiger partial charge < -0.3 is 62.7 Å². The summed E-state index contributed by atoms with van der Waals surface area (Å²) in [5, 5.41) is 35.5. The molecule has 65 heavy (non-hydrogen) atoms. The Morgan fingerprint density at radius 3 is 2.38 bits per heavy atom. The van der Waals surface area contributed by atoms with E-state index in [2.05, 4.69) is 55.8 Å². The Bertz CT molecular complexity index is 1820. The Morgan fingerprint density at radius 2 is 1.68 bits per heavy atom. The fraction of sp³-hybridized carbons (Fsp3) is 0.780. The Balaban J connectivity index is 1.17. The van der Waals surface area contributed by atoms with Crippen LogP contribution < -0.4 is 0 Å². The molecule has 7 aliphatic rings. The second-order valence-electron chi connectivity index (χ2n) is 20.0. The first kappa shape index (κ1) is 51.0. The van der Waals surface area contributed by atoms with E-state index in [1.54, 1.807) is 33.3 Å². The molecule has 6 aliphatic heterocycles. The van der Waals surface area contributed by atoms with Crippen molar-refractivity contribution in [2.75, 3.05) is 26.2 Å². The second-order valence-corrected chi connectivity index (χ2v) is 20.5. The van der Waals surface area contributed by atoms with Crippen molar-refractivity contribution in [3.8, 4) is 0 Å². The lowest BCUT2D eigenvalue weighted by Gasteiger charge is -2.48. The number of alkyl halides is 1. The first-order valence-electron chi connectivity index (χ1n) is 23.8. The number of hydrogen-bond donors (Lipinski definition) is 3. The number of rotatable bonds is 9. The predicted octanol–water partition coefficient (Wildman–Crippen LogP) is 6.53. The number of aliphatic hydroxyl groups is 3. The van der Waals surface area contributed by atoms with Gasteiger partial charge in [-0.05, 0) is 62.8 Å². The van der Waals surface area contributed by atoms with Crippen molar-refractivity contribution in [1.29, 1.82) is 0 Å². The monoisotopic (exact) mass is 978 g/mol. The molecule has 0 aromatic rings. The third-order valence-electron chi connectivity index (χ3n) is 15.1. The maximum Gasteiger partial charge on any atom is 0.316 e. The normalized spacial score (nSPS) is 48.8. The quantitative estimate of drug-likeness (QED) is 0.130. The van der Waals surface area contributed by atoms with E-state index in [1.165, 1.54) is 0 Å². The fourth-order valence-corrected chi connectivity index (χ4v) is 11.7. The third-order valence-corrected chi connectivity index (χ3v) is 16.1. The molecule has 0 aromatic heterocycles. The van der Waals surface area contributed by atoms with Crippen LogP contribution in [0.15, 0.2) is 59.3 Å². The van der Waals surface area contributed by atoms with Crippen LogP contribution >= 0.6 is 15.9 Å². The smallest absolute Gasteiger partial charge is 0.316 e. The first-order chi connectivity index (χ1) is 30.9. The molecule has 0 radical (unpaired) electrons. The van der Waals surface area contributed by atoms with Crippen LogP contribution in [-0.2, 0) is 52.2 Å². The maximum atomic E-state index is 14.4. The summed E-state index contributed by atoms with van der Waals surface area (Å²) < 4.78 is 64.6. The van der Waals surface area contributed by atoms with Crippen LogP contribution in [0.3, 0.4) is 0 Å². The molecular weight excluding hydrogens is 904 g/mol. The molecule has 14 nitrogen and oxygen atoms in total. The minimum atomic E-state index is -1.84. The van der Waals surface area contributed by atoms with E-state index in [4.69, 9.17) is 47.4 Å². The van der Waals surface area contributed by atoms with Gasteiger partial charge in [-0.1, -0.05) is 86.5 Å². The van der Waals surface area contributed by atoms with Gasteiger partial charge in [0.1, 0.15) is 41.5 Å². The molecule has 1 aliphatic carbocycles. The van der Waals surface area contributed by atoms with Gasteiger partial charge in [0.2, 0.25) is 0 Å². The van der Waals surface area contributed by atoms with Gasteiger partial charge in [0, 0.05) is 63.5 Å². The van der Waals surface area contributed by atoms with E-state index < -0.39 is 96.4 Å². The van der Waals surface area contributed by atoms with Gasteiger partial charge in [-0.2, -0.15) is 0 Å². The van der Waals surface area contributed by atoms with Crippen molar-refractivity contribution in [1.82, 2.24) is 0 Å². The summed E-state index contributed by atoms with van der Waals surface area (Å²) in [7, 11) is 3.24. The number of allylic oxidation sites excluding steroid dienone is 2. The van der Waals surface area contributed by atoms with Crippen molar-refractivity contribution < 1.29 is 67.5 Å². The Kier molecular flexibility index (Phi) is 16.5. The summed E-state index contributed by atoms with van der Waals surface area (Å²) in [6, 6.07) is 0. The highest BCUT2D eigenvalue weighted by atomic mass is 79.9. The van der Waals surface area contributed by atoms with Crippen molar-refractivity contribution in [2.45, 2.75) is 197 Å². The van der Waals surface area contributed by atoms with Crippen molar-refractivity contribution in [3.63, 3.8) is 0 Å². The minimum absolute atomic E-state index is 0.0285. The van der Waals surface area contributed by atoms with Crippen LogP contribution in [0.4, 0.5) is 0 Å². The van der Waals surface area contributed by atoms with Gasteiger partial charge >= 0.3 is 5.97 Å². The molecule has 7 rings (SSSR count). The SMILES string of the molecule is CCC(C)[C@H]1O[C@]2(C=C[C@@H]1C)C[C@@H]1C[C@@H](C/C=C(\C)[C@@H](O[C@H]3C[C@H](OC)[C@@H](O[C@H]4C[C@H](OC)C(O)(CBr)C[C@H](C)O4)[C@H](C)O3)[C@@H](C)/C=C/C=C3\CO[C@@H]4[C@H](O)C(C)=C[C@@H](C(=O)O1)[C@]34O)O2. The molecule has 0 amide bonds. The highest BCUT2D eigenvalue weighted by Crippen LogP contribution is 2.47. The number of esters is 1. The highest BCUT2D eigenvalue weighted by molar-refractivity contribution is 9.09. The molecule has 2 bridgehead atoms. The van der Waals surface area contributed by atoms with Gasteiger partial charge in [-0.3, -0.25) is 4.79 Å². The summed E-state index contributed by atoms with van der Waals surface area (Å²) in [4.78, 5) is 14.4. The molecule has 0 saturated carbocycles. The van der Waals surface area contributed by atoms with Gasteiger partial charge in [0.15, 0.2) is 18.4 Å².